The Morgan fingerprint density at radius 1 is 1.29 bits per heavy atom. The lowest BCUT2D eigenvalue weighted by Gasteiger charge is -2.23. The number of fused-ring (bicyclic) bond motifs is 1. The predicted molar refractivity (Wildman–Crippen MR) is 65.5 cm³/mol. The van der Waals surface area contributed by atoms with Crippen molar-refractivity contribution in [3.63, 3.8) is 0 Å². The Hall–Kier alpha value is -1.26. The first-order chi connectivity index (χ1) is 8.36. The standard InChI is InChI=1S/C13H19NO3/c1-15-9-10-4-5-12-13(17-8-7-16-12)11(10)3-2-6-14/h4-5H,2-3,6-9,14H2,1H3. The number of hydrogen-bond acceptors (Lipinski definition) is 4. The Morgan fingerprint density at radius 2 is 2.12 bits per heavy atom. The van der Waals surface area contributed by atoms with Gasteiger partial charge in [0.15, 0.2) is 11.5 Å². The van der Waals surface area contributed by atoms with Gasteiger partial charge < -0.3 is 19.9 Å². The van der Waals surface area contributed by atoms with Crippen molar-refractivity contribution in [3.8, 4) is 11.5 Å². The summed E-state index contributed by atoms with van der Waals surface area (Å²) in [6, 6.07) is 4.00. The highest BCUT2D eigenvalue weighted by molar-refractivity contribution is 5.51. The number of benzene rings is 1. The molecule has 0 fully saturated rings. The lowest BCUT2D eigenvalue weighted by atomic mass is 10.0. The van der Waals surface area contributed by atoms with Gasteiger partial charge in [0.1, 0.15) is 13.2 Å². The lowest BCUT2D eigenvalue weighted by Crippen LogP contribution is -2.18. The minimum Gasteiger partial charge on any atom is -0.486 e. The molecule has 0 aromatic heterocycles. The summed E-state index contributed by atoms with van der Waals surface area (Å²) < 4.78 is 16.5. The summed E-state index contributed by atoms with van der Waals surface area (Å²) in [6.07, 6.45) is 1.85. The largest absolute Gasteiger partial charge is 0.486 e. The van der Waals surface area contributed by atoms with Gasteiger partial charge in [-0.25, -0.2) is 0 Å². The fourth-order valence-electron chi connectivity index (χ4n) is 2.06. The molecule has 2 N–H and O–H groups in total. The Labute approximate surface area is 102 Å². The number of hydrogen-bond donors (Lipinski definition) is 1. The first-order valence-corrected chi connectivity index (χ1v) is 5.96. The van der Waals surface area contributed by atoms with E-state index in [1.54, 1.807) is 7.11 Å². The van der Waals surface area contributed by atoms with Crippen molar-refractivity contribution >= 4 is 0 Å². The molecular weight excluding hydrogens is 218 g/mol. The topological polar surface area (TPSA) is 53.7 Å². The van der Waals surface area contributed by atoms with Crippen LogP contribution in [0.15, 0.2) is 12.1 Å². The molecule has 1 heterocycles. The molecule has 4 heteroatoms. The molecule has 0 saturated heterocycles. The molecule has 1 aromatic carbocycles. The predicted octanol–water partition coefficient (Wildman–Crippen LogP) is 1.50. The zero-order valence-electron chi connectivity index (χ0n) is 10.2. The van der Waals surface area contributed by atoms with Crippen LogP contribution in [-0.2, 0) is 17.8 Å². The van der Waals surface area contributed by atoms with Gasteiger partial charge in [-0.15, -0.1) is 0 Å². The van der Waals surface area contributed by atoms with Gasteiger partial charge in [0.25, 0.3) is 0 Å². The molecule has 94 valence electrons. The first kappa shape index (κ1) is 12.2. The highest BCUT2D eigenvalue weighted by Gasteiger charge is 2.18. The Kier molecular flexibility index (Phi) is 4.23. The zero-order chi connectivity index (χ0) is 12.1. The Bertz CT molecular complexity index is 379. The molecule has 1 aliphatic rings. The van der Waals surface area contributed by atoms with Crippen molar-refractivity contribution in [2.75, 3.05) is 26.9 Å². The molecule has 0 bridgehead atoms. The molecule has 0 unspecified atom stereocenters. The second-order valence-corrected chi connectivity index (χ2v) is 4.05. The van der Waals surface area contributed by atoms with E-state index in [0.29, 0.717) is 26.4 Å². The Morgan fingerprint density at radius 3 is 2.88 bits per heavy atom. The minimum atomic E-state index is 0.594. The average Bonchev–Trinajstić information content (AvgIpc) is 2.37. The molecule has 4 nitrogen and oxygen atoms in total. The average molecular weight is 237 g/mol. The van der Waals surface area contributed by atoms with Gasteiger partial charge >= 0.3 is 0 Å². The maximum atomic E-state index is 5.72. The maximum Gasteiger partial charge on any atom is 0.164 e. The van der Waals surface area contributed by atoms with Gasteiger partial charge in [0, 0.05) is 12.7 Å². The molecule has 0 spiro atoms. The van der Waals surface area contributed by atoms with Gasteiger partial charge in [-0.3, -0.25) is 0 Å². The van der Waals surface area contributed by atoms with E-state index in [0.717, 1.165) is 29.9 Å². The second-order valence-electron chi connectivity index (χ2n) is 4.05. The summed E-state index contributed by atoms with van der Waals surface area (Å²) in [5.41, 5.74) is 7.91. The molecule has 1 aliphatic heterocycles. The smallest absolute Gasteiger partial charge is 0.164 e. The molecule has 0 aliphatic carbocycles. The monoisotopic (exact) mass is 237 g/mol. The van der Waals surface area contributed by atoms with Crippen molar-refractivity contribution in [1.29, 1.82) is 0 Å². The third-order valence-electron chi connectivity index (χ3n) is 2.84. The van der Waals surface area contributed by atoms with Crippen molar-refractivity contribution in [2.24, 2.45) is 5.73 Å². The van der Waals surface area contributed by atoms with Crippen LogP contribution in [0.2, 0.25) is 0 Å². The molecule has 0 atom stereocenters. The van der Waals surface area contributed by atoms with Crippen molar-refractivity contribution in [3.05, 3.63) is 23.3 Å². The third-order valence-corrected chi connectivity index (χ3v) is 2.84. The number of nitrogens with two attached hydrogens (primary N) is 1. The van der Waals surface area contributed by atoms with Crippen LogP contribution in [-0.4, -0.2) is 26.9 Å². The summed E-state index contributed by atoms with van der Waals surface area (Å²) in [5.74, 6) is 1.71. The summed E-state index contributed by atoms with van der Waals surface area (Å²) in [7, 11) is 1.70. The highest BCUT2D eigenvalue weighted by atomic mass is 16.6. The number of ether oxygens (including phenoxy) is 3. The van der Waals surface area contributed by atoms with Crippen LogP contribution >= 0.6 is 0 Å². The maximum absolute atomic E-state index is 5.72. The van der Waals surface area contributed by atoms with Crippen LogP contribution < -0.4 is 15.2 Å². The fraction of sp³-hybridized carbons (Fsp3) is 0.538. The van der Waals surface area contributed by atoms with Crippen molar-refractivity contribution < 1.29 is 14.2 Å². The molecule has 0 amide bonds. The molecular formula is C13H19NO3. The molecule has 2 rings (SSSR count). The van der Waals surface area contributed by atoms with E-state index in [4.69, 9.17) is 19.9 Å². The first-order valence-electron chi connectivity index (χ1n) is 5.96. The van der Waals surface area contributed by atoms with Crippen molar-refractivity contribution in [2.45, 2.75) is 19.4 Å². The fourth-order valence-corrected chi connectivity index (χ4v) is 2.06. The number of rotatable bonds is 5. The number of methoxy groups -OCH3 is 1. The molecule has 17 heavy (non-hydrogen) atoms. The van der Waals surface area contributed by atoms with E-state index in [1.807, 2.05) is 12.1 Å². The van der Waals surface area contributed by atoms with E-state index in [1.165, 1.54) is 5.56 Å². The summed E-state index contributed by atoms with van der Waals surface area (Å²) in [5, 5.41) is 0. The van der Waals surface area contributed by atoms with Gasteiger partial charge in [-0.2, -0.15) is 0 Å². The molecule has 0 saturated carbocycles. The van der Waals surface area contributed by atoms with E-state index < -0.39 is 0 Å². The Balaban J connectivity index is 2.32. The quantitative estimate of drug-likeness (QED) is 0.843. The minimum absolute atomic E-state index is 0.594. The third kappa shape index (κ3) is 2.70. The van der Waals surface area contributed by atoms with E-state index in [9.17, 15) is 0 Å². The molecule has 1 aromatic rings. The van der Waals surface area contributed by atoms with Crippen molar-refractivity contribution in [1.82, 2.24) is 0 Å². The van der Waals surface area contributed by atoms with Crippen LogP contribution in [0.5, 0.6) is 11.5 Å². The van der Waals surface area contributed by atoms with Crippen LogP contribution in [0.3, 0.4) is 0 Å². The van der Waals surface area contributed by atoms with Gasteiger partial charge in [0.05, 0.1) is 6.61 Å². The second kappa shape index (κ2) is 5.89. The van der Waals surface area contributed by atoms with Gasteiger partial charge in [-0.1, -0.05) is 6.07 Å². The summed E-state index contributed by atoms with van der Waals surface area (Å²) in [6.45, 7) is 2.50. The lowest BCUT2D eigenvalue weighted by molar-refractivity contribution is 0.165. The highest BCUT2D eigenvalue weighted by Crippen LogP contribution is 2.36. The van der Waals surface area contributed by atoms with Crippen LogP contribution in [0.1, 0.15) is 17.5 Å². The van der Waals surface area contributed by atoms with E-state index in [-0.39, 0.29) is 0 Å². The molecule has 0 radical (unpaired) electrons. The zero-order valence-corrected chi connectivity index (χ0v) is 10.2. The van der Waals surface area contributed by atoms with Gasteiger partial charge in [0.2, 0.25) is 0 Å². The van der Waals surface area contributed by atoms with E-state index >= 15 is 0 Å². The SMILES string of the molecule is COCc1ccc2c(c1CCCN)OCCO2. The van der Waals surface area contributed by atoms with Gasteiger partial charge in [-0.05, 0) is 31.0 Å². The van der Waals surface area contributed by atoms with Crippen LogP contribution in [0.25, 0.3) is 0 Å². The van der Waals surface area contributed by atoms with E-state index in [2.05, 4.69) is 0 Å². The summed E-state index contributed by atoms with van der Waals surface area (Å²) in [4.78, 5) is 0. The van der Waals surface area contributed by atoms with Crippen LogP contribution in [0.4, 0.5) is 0 Å². The van der Waals surface area contributed by atoms with Crippen LogP contribution in [0, 0.1) is 0 Å². The normalized spacial score (nSPS) is 13.8. The summed E-state index contributed by atoms with van der Waals surface area (Å²) >= 11 is 0.